The summed E-state index contributed by atoms with van der Waals surface area (Å²) in [6.45, 7) is 5.79. The smallest absolute Gasteiger partial charge is 0.150 e. The Labute approximate surface area is 98.5 Å². The standard InChI is InChI=1S/C12H22O3S/c1-12(2,3)11(13)9-5-7-10(8-6-9)16(4,14)15/h9-10H,5-8H2,1-4H3/t9-,10+. The van der Waals surface area contributed by atoms with Gasteiger partial charge in [0.25, 0.3) is 0 Å². The van der Waals surface area contributed by atoms with Crippen LogP contribution in [-0.2, 0) is 14.6 Å². The van der Waals surface area contributed by atoms with Gasteiger partial charge in [0.1, 0.15) is 15.6 Å². The normalized spacial score (nSPS) is 27.8. The summed E-state index contributed by atoms with van der Waals surface area (Å²) in [5.74, 6) is 0.345. The van der Waals surface area contributed by atoms with E-state index in [0.29, 0.717) is 12.8 Å². The number of hydrogen-bond donors (Lipinski definition) is 0. The van der Waals surface area contributed by atoms with Crippen LogP contribution in [0.4, 0.5) is 0 Å². The minimum atomic E-state index is -2.92. The van der Waals surface area contributed by atoms with E-state index in [9.17, 15) is 13.2 Å². The van der Waals surface area contributed by atoms with Crippen molar-refractivity contribution in [3.05, 3.63) is 0 Å². The molecule has 0 radical (unpaired) electrons. The minimum Gasteiger partial charge on any atom is -0.299 e. The van der Waals surface area contributed by atoms with Gasteiger partial charge in [0.2, 0.25) is 0 Å². The molecular weight excluding hydrogens is 224 g/mol. The predicted octanol–water partition coefficient (Wildman–Crippen LogP) is 2.21. The summed E-state index contributed by atoms with van der Waals surface area (Å²) in [5, 5.41) is -0.225. The molecule has 1 rings (SSSR count). The molecule has 0 heterocycles. The Kier molecular flexibility index (Phi) is 3.83. The second kappa shape index (κ2) is 4.47. The van der Waals surface area contributed by atoms with E-state index in [4.69, 9.17) is 0 Å². The number of Topliss-reactive ketones (excluding diaryl/α,β-unsaturated/α-hetero) is 1. The zero-order valence-electron chi connectivity index (χ0n) is 10.6. The van der Waals surface area contributed by atoms with Crippen LogP contribution in [0.3, 0.4) is 0 Å². The van der Waals surface area contributed by atoms with E-state index in [2.05, 4.69) is 0 Å². The SMILES string of the molecule is CC(C)(C)C(=O)[C@H]1CC[C@@H](S(C)(=O)=O)CC1. The monoisotopic (exact) mass is 246 g/mol. The quantitative estimate of drug-likeness (QED) is 0.750. The zero-order valence-corrected chi connectivity index (χ0v) is 11.4. The first-order valence-electron chi connectivity index (χ1n) is 5.85. The highest BCUT2D eigenvalue weighted by Gasteiger charge is 2.35. The average molecular weight is 246 g/mol. The Morgan fingerprint density at radius 3 is 1.81 bits per heavy atom. The number of sulfone groups is 1. The number of ketones is 1. The van der Waals surface area contributed by atoms with Crippen LogP contribution in [0, 0.1) is 11.3 Å². The minimum absolute atomic E-state index is 0.0676. The van der Waals surface area contributed by atoms with Crippen LogP contribution >= 0.6 is 0 Å². The average Bonchev–Trinajstić information content (AvgIpc) is 2.14. The molecule has 0 unspecified atom stereocenters. The van der Waals surface area contributed by atoms with Crippen LogP contribution < -0.4 is 0 Å². The molecule has 4 heteroatoms. The van der Waals surface area contributed by atoms with Gasteiger partial charge in [-0.25, -0.2) is 8.42 Å². The number of rotatable bonds is 2. The molecule has 1 saturated carbocycles. The number of carbonyl (C=O) groups is 1. The molecule has 0 atom stereocenters. The molecule has 94 valence electrons. The Hall–Kier alpha value is -0.380. The summed E-state index contributed by atoms with van der Waals surface area (Å²) in [5.41, 5.74) is -0.303. The van der Waals surface area contributed by atoms with Crippen molar-refractivity contribution < 1.29 is 13.2 Å². The number of hydrogen-bond acceptors (Lipinski definition) is 3. The van der Waals surface area contributed by atoms with Gasteiger partial charge in [-0.1, -0.05) is 20.8 Å². The third kappa shape index (κ3) is 3.30. The highest BCUT2D eigenvalue weighted by molar-refractivity contribution is 7.91. The largest absolute Gasteiger partial charge is 0.299 e. The molecule has 0 amide bonds. The van der Waals surface area contributed by atoms with Crippen LogP contribution in [0.2, 0.25) is 0 Å². The fraction of sp³-hybridized carbons (Fsp3) is 0.917. The molecule has 3 nitrogen and oxygen atoms in total. The van der Waals surface area contributed by atoms with Crippen LogP contribution in [0.1, 0.15) is 46.5 Å². The fourth-order valence-corrected chi connectivity index (χ4v) is 3.49. The van der Waals surface area contributed by atoms with Gasteiger partial charge in [-0.05, 0) is 25.7 Å². The first-order valence-corrected chi connectivity index (χ1v) is 7.81. The summed E-state index contributed by atoms with van der Waals surface area (Å²) in [6, 6.07) is 0. The molecule has 1 fully saturated rings. The maximum Gasteiger partial charge on any atom is 0.150 e. The first-order chi connectivity index (χ1) is 7.12. The van der Waals surface area contributed by atoms with E-state index in [0.717, 1.165) is 12.8 Å². The Morgan fingerprint density at radius 2 is 1.50 bits per heavy atom. The molecule has 0 spiro atoms. The van der Waals surface area contributed by atoms with Gasteiger partial charge in [-0.15, -0.1) is 0 Å². The van der Waals surface area contributed by atoms with E-state index in [-0.39, 0.29) is 22.4 Å². The lowest BCUT2D eigenvalue weighted by Gasteiger charge is -2.30. The van der Waals surface area contributed by atoms with Crippen LogP contribution in [0.5, 0.6) is 0 Å². The van der Waals surface area contributed by atoms with Gasteiger partial charge >= 0.3 is 0 Å². The van der Waals surface area contributed by atoms with E-state index in [1.54, 1.807) is 0 Å². The maximum absolute atomic E-state index is 12.0. The second-order valence-electron chi connectivity index (χ2n) is 5.92. The fourth-order valence-electron chi connectivity index (χ4n) is 2.37. The highest BCUT2D eigenvalue weighted by atomic mass is 32.2. The molecular formula is C12H22O3S. The molecule has 0 aromatic carbocycles. The first kappa shape index (κ1) is 13.7. The van der Waals surface area contributed by atoms with Gasteiger partial charge in [0, 0.05) is 17.6 Å². The third-order valence-electron chi connectivity index (χ3n) is 3.39. The summed E-state index contributed by atoms with van der Waals surface area (Å²) >= 11 is 0. The van der Waals surface area contributed by atoms with Crippen molar-refractivity contribution in [1.82, 2.24) is 0 Å². The summed E-state index contributed by atoms with van der Waals surface area (Å²) in [7, 11) is -2.92. The summed E-state index contributed by atoms with van der Waals surface area (Å²) in [6.07, 6.45) is 4.04. The van der Waals surface area contributed by atoms with Gasteiger partial charge in [0.05, 0.1) is 5.25 Å². The third-order valence-corrected chi connectivity index (χ3v) is 5.07. The summed E-state index contributed by atoms with van der Waals surface area (Å²) < 4.78 is 22.7. The molecule has 0 aliphatic heterocycles. The molecule has 0 aromatic heterocycles. The van der Waals surface area contributed by atoms with Gasteiger partial charge in [-0.3, -0.25) is 4.79 Å². The van der Waals surface area contributed by atoms with E-state index >= 15 is 0 Å². The molecule has 0 N–H and O–H groups in total. The van der Waals surface area contributed by atoms with Gasteiger partial charge in [-0.2, -0.15) is 0 Å². The van der Waals surface area contributed by atoms with E-state index in [1.165, 1.54) is 6.26 Å². The van der Waals surface area contributed by atoms with Gasteiger partial charge < -0.3 is 0 Å². The molecule has 1 aliphatic carbocycles. The van der Waals surface area contributed by atoms with Gasteiger partial charge in [0.15, 0.2) is 0 Å². The molecule has 0 saturated heterocycles. The maximum atomic E-state index is 12.0. The molecule has 0 aromatic rings. The number of carbonyl (C=O) groups excluding carboxylic acids is 1. The highest BCUT2D eigenvalue weighted by Crippen LogP contribution is 2.33. The van der Waals surface area contributed by atoms with Crippen molar-refractivity contribution in [3.8, 4) is 0 Å². The lowest BCUT2D eigenvalue weighted by Crippen LogP contribution is -2.34. The van der Waals surface area contributed by atoms with Crippen LogP contribution in [0.15, 0.2) is 0 Å². The lowest BCUT2D eigenvalue weighted by molar-refractivity contribution is -0.131. The molecule has 16 heavy (non-hydrogen) atoms. The van der Waals surface area contributed by atoms with Crippen molar-refractivity contribution in [2.24, 2.45) is 11.3 Å². The summed E-state index contributed by atoms with van der Waals surface area (Å²) in [4.78, 5) is 12.0. The Morgan fingerprint density at radius 1 is 1.06 bits per heavy atom. The Balaban J connectivity index is 2.60. The van der Waals surface area contributed by atoms with Crippen molar-refractivity contribution in [2.75, 3.05) is 6.26 Å². The lowest BCUT2D eigenvalue weighted by atomic mass is 9.76. The van der Waals surface area contributed by atoms with Crippen LogP contribution in [-0.4, -0.2) is 25.7 Å². The van der Waals surface area contributed by atoms with Crippen molar-refractivity contribution in [3.63, 3.8) is 0 Å². The zero-order chi connectivity index (χ0) is 12.6. The van der Waals surface area contributed by atoms with E-state index < -0.39 is 9.84 Å². The second-order valence-corrected chi connectivity index (χ2v) is 8.24. The van der Waals surface area contributed by atoms with Crippen molar-refractivity contribution in [1.29, 1.82) is 0 Å². The van der Waals surface area contributed by atoms with E-state index in [1.807, 2.05) is 20.8 Å². The predicted molar refractivity (Wildman–Crippen MR) is 65.1 cm³/mol. The Bertz CT molecular complexity index is 354. The van der Waals surface area contributed by atoms with Crippen LogP contribution in [0.25, 0.3) is 0 Å². The molecule has 1 aliphatic rings. The van der Waals surface area contributed by atoms with Crippen molar-refractivity contribution >= 4 is 15.6 Å². The molecule has 0 bridgehead atoms. The topological polar surface area (TPSA) is 51.2 Å². The van der Waals surface area contributed by atoms with Crippen molar-refractivity contribution in [2.45, 2.75) is 51.7 Å².